The Balaban J connectivity index is 2.31. The van der Waals surface area contributed by atoms with Gasteiger partial charge in [-0.05, 0) is 41.8 Å². The molecule has 0 aliphatic rings. The number of rotatable bonds is 3. The lowest BCUT2D eigenvalue weighted by atomic mass is 9.92. The van der Waals surface area contributed by atoms with Crippen molar-refractivity contribution in [1.82, 2.24) is 4.98 Å². The van der Waals surface area contributed by atoms with Crippen LogP contribution < -0.4 is 0 Å². The van der Waals surface area contributed by atoms with Crippen molar-refractivity contribution in [1.29, 1.82) is 0 Å². The average molecular weight is 325 g/mol. The van der Waals surface area contributed by atoms with Crippen LogP contribution in [0.4, 0.5) is 0 Å². The molecule has 2 unspecified atom stereocenters. The summed E-state index contributed by atoms with van der Waals surface area (Å²) in [6, 6.07) is 10.2. The number of halogens is 2. The van der Waals surface area contributed by atoms with E-state index in [0.29, 0.717) is 0 Å². The zero-order chi connectivity index (χ0) is 13.1. The molecular formula is C15H15BrClN. The first-order chi connectivity index (χ1) is 8.61. The largest absolute Gasteiger partial charge is 0.265 e. The van der Waals surface area contributed by atoms with Crippen molar-refractivity contribution in [3.63, 3.8) is 0 Å². The van der Waals surface area contributed by atoms with Crippen LogP contribution in [0, 0.1) is 6.92 Å². The molecule has 94 valence electrons. The van der Waals surface area contributed by atoms with Crippen LogP contribution in [0.3, 0.4) is 0 Å². The third kappa shape index (κ3) is 2.76. The predicted molar refractivity (Wildman–Crippen MR) is 80.1 cm³/mol. The van der Waals surface area contributed by atoms with Gasteiger partial charge in [-0.1, -0.05) is 35.0 Å². The maximum absolute atomic E-state index is 6.63. The second kappa shape index (κ2) is 5.85. The Morgan fingerprint density at radius 2 is 1.83 bits per heavy atom. The number of hydrogen-bond donors (Lipinski definition) is 0. The molecule has 0 saturated heterocycles. The molecule has 0 bridgehead atoms. The van der Waals surface area contributed by atoms with Gasteiger partial charge in [0.15, 0.2) is 0 Å². The van der Waals surface area contributed by atoms with Crippen molar-refractivity contribution in [3.05, 3.63) is 63.9 Å². The fraction of sp³-hybridized carbons (Fsp3) is 0.267. The van der Waals surface area contributed by atoms with Crippen LogP contribution in [-0.4, -0.2) is 4.98 Å². The van der Waals surface area contributed by atoms with Gasteiger partial charge in [-0.3, -0.25) is 4.98 Å². The maximum atomic E-state index is 6.63. The zero-order valence-corrected chi connectivity index (χ0v) is 12.7. The molecule has 0 amide bonds. The van der Waals surface area contributed by atoms with E-state index in [2.05, 4.69) is 40.8 Å². The normalized spacial score (nSPS) is 14.2. The standard InChI is InChI=1S/C15H15BrClN/c1-10(12-6-8-18-9-7-12)15(17)13-4-3-5-14(16)11(13)2/h3-10,15H,1-2H3. The molecule has 2 atom stereocenters. The first-order valence-corrected chi connectivity index (χ1v) is 7.13. The van der Waals surface area contributed by atoms with Gasteiger partial charge in [-0.15, -0.1) is 11.6 Å². The van der Waals surface area contributed by atoms with Gasteiger partial charge in [0.05, 0.1) is 5.38 Å². The van der Waals surface area contributed by atoms with Gasteiger partial charge in [0, 0.05) is 22.8 Å². The molecule has 1 nitrogen and oxygen atoms in total. The quantitative estimate of drug-likeness (QED) is 0.704. The van der Waals surface area contributed by atoms with E-state index in [0.717, 1.165) is 4.47 Å². The van der Waals surface area contributed by atoms with Crippen molar-refractivity contribution in [2.45, 2.75) is 25.1 Å². The van der Waals surface area contributed by atoms with Crippen LogP contribution >= 0.6 is 27.5 Å². The Morgan fingerprint density at radius 3 is 2.50 bits per heavy atom. The molecule has 1 aromatic heterocycles. The molecule has 18 heavy (non-hydrogen) atoms. The minimum absolute atomic E-state index is 0.0371. The van der Waals surface area contributed by atoms with Crippen LogP contribution in [0.15, 0.2) is 47.2 Å². The Labute approximate surface area is 121 Å². The van der Waals surface area contributed by atoms with Crippen molar-refractivity contribution >= 4 is 27.5 Å². The van der Waals surface area contributed by atoms with Gasteiger partial charge in [0.1, 0.15) is 0 Å². The second-order valence-corrected chi connectivity index (χ2v) is 5.75. The third-order valence-electron chi connectivity index (χ3n) is 3.28. The first kappa shape index (κ1) is 13.6. The monoisotopic (exact) mass is 323 g/mol. The van der Waals surface area contributed by atoms with Gasteiger partial charge in [0.25, 0.3) is 0 Å². The minimum Gasteiger partial charge on any atom is -0.265 e. The van der Waals surface area contributed by atoms with Gasteiger partial charge in [0.2, 0.25) is 0 Å². The van der Waals surface area contributed by atoms with Crippen molar-refractivity contribution in [2.75, 3.05) is 0 Å². The fourth-order valence-corrected chi connectivity index (χ4v) is 2.79. The number of nitrogens with zero attached hydrogens (tertiary/aromatic N) is 1. The minimum atomic E-state index is -0.0371. The Morgan fingerprint density at radius 1 is 1.17 bits per heavy atom. The van der Waals surface area contributed by atoms with E-state index < -0.39 is 0 Å². The van der Waals surface area contributed by atoms with Crippen molar-refractivity contribution in [3.8, 4) is 0 Å². The summed E-state index contributed by atoms with van der Waals surface area (Å²) in [4.78, 5) is 4.04. The van der Waals surface area contributed by atoms with Crippen molar-refractivity contribution < 1.29 is 0 Å². The lowest BCUT2D eigenvalue weighted by molar-refractivity contribution is 0.726. The van der Waals surface area contributed by atoms with E-state index in [1.54, 1.807) is 0 Å². The maximum Gasteiger partial charge on any atom is 0.0654 e. The second-order valence-electron chi connectivity index (χ2n) is 4.43. The van der Waals surface area contributed by atoms with E-state index in [4.69, 9.17) is 11.6 Å². The number of aromatic nitrogens is 1. The van der Waals surface area contributed by atoms with Crippen molar-refractivity contribution in [2.24, 2.45) is 0 Å². The molecule has 2 rings (SSSR count). The summed E-state index contributed by atoms with van der Waals surface area (Å²) in [7, 11) is 0. The molecule has 0 aliphatic heterocycles. The molecule has 0 spiro atoms. The zero-order valence-electron chi connectivity index (χ0n) is 10.4. The molecule has 0 radical (unpaired) electrons. The summed E-state index contributed by atoms with van der Waals surface area (Å²) < 4.78 is 1.10. The molecule has 3 heteroatoms. The third-order valence-corrected chi connectivity index (χ3v) is 4.75. The van der Waals surface area contributed by atoms with E-state index in [1.807, 2.05) is 36.7 Å². The molecule has 0 saturated carbocycles. The first-order valence-electron chi connectivity index (χ1n) is 5.90. The number of benzene rings is 1. The highest BCUT2D eigenvalue weighted by molar-refractivity contribution is 9.10. The average Bonchev–Trinajstić information content (AvgIpc) is 2.41. The molecule has 0 fully saturated rings. The summed E-state index contributed by atoms with van der Waals surface area (Å²) in [6.07, 6.45) is 3.62. The number of pyridine rings is 1. The molecule has 1 heterocycles. The summed E-state index contributed by atoms with van der Waals surface area (Å²) in [5.74, 6) is 0.252. The lowest BCUT2D eigenvalue weighted by Crippen LogP contribution is -2.04. The van der Waals surface area contributed by atoms with Crippen LogP contribution in [-0.2, 0) is 0 Å². The smallest absolute Gasteiger partial charge is 0.0654 e. The SMILES string of the molecule is Cc1c(Br)cccc1C(Cl)C(C)c1ccncc1. The van der Waals surface area contributed by atoms with Crippen LogP contribution in [0.5, 0.6) is 0 Å². The Hall–Kier alpha value is -0.860. The van der Waals surface area contributed by atoms with Crippen LogP contribution in [0.2, 0.25) is 0 Å². The summed E-state index contributed by atoms with van der Waals surface area (Å²) >= 11 is 10.2. The predicted octanol–water partition coefficient (Wildman–Crippen LogP) is 5.24. The Bertz CT molecular complexity index is 527. The van der Waals surface area contributed by atoms with Gasteiger partial charge in [-0.2, -0.15) is 0 Å². The topological polar surface area (TPSA) is 12.9 Å². The molecule has 0 N–H and O–H groups in total. The number of alkyl halides is 1. The Kier molecular flexibility index (Phi) is 4.41. The van der Waals surface area contributed by atoms with E-state index in [1.165, 1.54) is 16.7 Å². The van der Waals surface area contributed by atoms with E-state index in [-0.39, 0.29) is 11.3 Å². The van der Waals surface area contributed by atoms with Crippen LogP contribution in [0.1, 0.15) is 34.9 Å². The summed E-state index contributed by atoms with van der Waals surface area (Å²) in [5, 5.41) is -0.0371. The van der Waals surface area contributed by atoms with E-state index in [9.17, 15) is 0 Å². The van der Waals surface area contributed by atoms with Crippen LogP contribution in [0.25, 0.3) is 0 Å². The molecule has 2 aromatic rings. The van der Waals surface area contributed by atoms with Gasteiger partial charge in [-0.25, -0.2) is 0 Å². The highest BCUT2D eigenvalue weighted by Crippen LogP contribution is 2.38. The fourth-order valence-electron chi connectivity index (χ4n) is 2.03. The lowest BCUT2D eigenvalue weighted by Gasteiger charge is -2.21. The highest BCUT2D eigenvalue weighted by atomic mass is 79.9. The molecular weight excluding hydrogens is 310 g/mol. The van der Waals surface area contributed by atoms with Gasteiger partial charge >= 0.3 is 0 Å². The number of hydrogen-bond acceptors (Lipinski definition) is 1. The highest BCUT2D eigenvalue weighted by Gasteiger charge is 2.20. The molecule has 0 aliphatic carbocycles. The molecule has 1 aromatic carbocycles. The van der Waals surface area contributed by atoms with Gasteiger partial charge < -0.3 is 0 Å². The van der Waals surface area contributed by atoms with E-state index >= 15 is 0 Å². The summed E-state index contributed by atoms with van der Waals surface area (Å²) in [5.41, 5.74) is 3.60. The summed E-state index contributed by atoms with van der Waals surface area (Å²) in [6.45, 7) is 4.24.